The molecule has 1 saturated carbocycles. The van der Waals surface area contributed by atoms with Crippen molar-refractivity contribution in [1.82, 2.24) is 5.32 Å². The highest BCUT2D eigenvalue weighted by Gasteiger charge is 2.38. The minimum atomic E-state index is -0.224. The smallest absolute Gasteiger partial charge is 0.251 e. The lowest BCUT2D eigenvalue weighted by Gasteiger charge is -2.42. The lowest BCUT2D eigenvalue weighted by atomic mass is 9.73. The Hall–Kier alpha value is -0.620. The van der Waals surface area contributed by atoms with Gasteiger partial charge in [-0.1, -0.05) is 19.8 Å². The van der Waals surface area contributed by atoms with Gasteiger partial charge in [0.2, 0.25) is 0 Å². The molecule has 0 radical (unpaired) electrons. The van der Waals surface area contributed by atoms with E-state index < -0.39 is 0 Å². The largest absolute Gasteiger partial charge is 0.345 e. The van der Waals surface area contributed by atoms with E-state index in [9.17, 15) is 4.79 Å². The Balaban J connectivity index is 2.13. The molecule has 0 heterocycles. The molecule has 0 spiro atoms. The Morgan fingerprint density at radius 1 is 1.42 bits per heavy atom. The summed E-state index contributed by atoms with van der Waals surface area (Å²) in [4.78, 5) is 12.4. The van der Waals surface area contributed by atoms with Gasteiger partial charge >= 0.3 is 0 Å². The van der Waals surface area contributed by atoms with Crippen LogP contribution in [0.5, 0.6) is 0 Å². The van der Waals surface area contributed by atoms with Crippen LogP contribution in [-0.2, 0) is 0 Å². The highest BCUT2D eigenvalue weighted by atomic mass is 127. The number of halogens is 1. The molecule has 19 heavy (non-hydrogen) atoms. The molecule has 1 aromatic rings. The van der Waals surface area contributed by atoms with Gasteiger partial charge in [0, 0.05) is 15.7 Å². The van der Waals surface area contributed by atoms with Crippen molar-refractivity contribution in [2.45, 2.75) is 38.1 Å². The predicted molar refractivity (Wildman–Crippen MR) is 86.0 cm³/mol. The average molecular weight is 372 g/mol. The van der Waals surface area contributed by atoms with Crippen molar-refractivity contribution in [1.29, 1.82) is 0 Å². The molecular weight excluding hydrogens is 351 g/mol. The minimum Gasteiger partial charge on any atom is -0.345 e. The molecule has 1 aliphatic carbocycles. The van der Waals surface area contributed by atoms with Crippen LogP contribution in [0.2, 0.25) is 0 Å². The summed E-state index contributed by atoms with van der Waals surface area (Å²) in [6.45, 7) is 2.71. The van der Waals surface area contributed by atoms with Crippen LogP contribution in [0.1, 0.15) is 43.0 Å². The van der Waals surface area contributed by atoms with Crippen LogP contribution in [0.3, 0.4) is 0 Å². The monoisotopic (exact) mass is 372 g/mol. The summed E-state index contributed by atoms with van der Waals surface area (Å²) in [6, 6.07) is 7.65. The molecule has 0 aromatic heterocycles. The first-order chi connectivity index (χ1) is 9.07. The first-order valence-corrected chi connectivity index (χ1v) is 7.93. The minimum absolute atomic E-state index is 0.00407. The first kappa shape index (κ1) is 14.8. The molecule has 1 aliphatic rings. The molecule has 0 aliphatic heterocycles. The fourth-order valence-corrected chi connectivity index (χ4v) is 3.21. The summed E-state index contributed by atoms with van der Waals surface area (Å²) in [5.74, 6) is 0.439. The molecule has 1 fully saturated rings. The maximum Gasteiger partial charge on any atom is 0.251 e. The SMILES string of the molecule is CC1CCCCC1(CN)NC(=O)c1ccc(I)cc1. The number of nitrogens with two attached hydrogens (primary N) is 1. The number of carbonyl (C=O) groups excluding carboxylic acids is 1. The third-order valence-corrected chi connectivity index (χ3v) is 5.01. The molecule has 2 atom stereocenters. The molecule has 0 saturated heterocycles. The molecule has 1 aromatic carbocycles. The molecule has 2 unspecified atom stereocenters. The maximum atomic E-state index is 12.4. The Kier molecular flexibility index (Phi) is 4.84. The van der Waals surface area contributed by atoms with E-state index in [1.165, 1.54) is 6.42 Å². The number of carbonyl (C=O) groups is 1. The highest BCUT2D eigenvalue weighted by molar-refractivity contribution is 14.1. The third-order valence-electron chi connectivity index (χ3n) is 4.29. The van der Waals surface area contributed by atoms with Crippen molar-refractivity contribution in [3.63, 3.8) is 0 Å². The van der Waals surface area contributed by atoms with Crippen LogP contribution in [0.15, 0.2) is 24.3 Å². The molecule has 4 heteroatoms. The highest BCUT2D eigenvalue weighted by Crippen LogP contribution is 2.33. The number of amides is 1. The van der Waals surface area contributed by atoms with Crippen molar-refractivity contribution >= 4 is 28.5 Å². The van der Waals surface area contributed by atoms with Crippen LogP contribution in [0.4, 0.5) is 0 Å². The van der Waals surface area contributed by atoms with Gasteiger partial charge in [0.1, 0.15) is 0 Å². The fraction of sp³-hybridized carbons (Fsp3) is 0.533. The molecule has 104 valence electrons. The van der Waals surface area contributed by atoms with Crippen molar-refractivity contribution < 1.29 is 4.79 Å². The standard InChI is InChI=1S/C15H21IN2O/c1-11-4-2-3-9-15(11,10-17)18-14(19)12-5-7-13(16)8-6-12/h5-8,11H,2-4,9-10,17H2,1H3,(H,18,19). The molecule has 3 N–H and O–H groups in total. The van der Waals surface area contributed by atoms with Crippen molar-refractivity contribution in [3.8, 4) is 0 Å². The number of rotatable bonds is 3. The predicted octanol–water partition coefficient (Wildman–Crippen LogP) is 2.93. The first-order valence-electron chi connectivity index (χ1n) is 6.85. The molecular formula is C15H21IN2O. The van der Waals surface area contributed by atoms with Crippen LogP contribution in [0.25, 0.3) is 0 Å². The van der Waals surface area contributed by atoms with Gasteiger partial charge in [-0.25, -0.2) is 0 Å². The van der Waals surface area contributed by atoms with Gasteiger partial charge in [0.25, 0.3) is 5.91 Å². The van der Waals surface area contributed by atoms with Gasteiger partial charge in [-0.3, -0.25) is 4.79 Å². The van der Waals surface area contributed by atoms with E-state index in [0.717, 1.165) is 22.8 Å². The molecule has 2 rings (SSSR count). The van der Waals surface area contributed by atoms with Gasteiger partial charge in [-0.15, -0.1) is 0 Å². The fourth-order valence-electron chi connectivity index (χ4n) is 2.85. The number of hydrogen-bond acceptors (Lipinski definition) is 2. The van der Waals surface area contributed by atoms with E-state index in [2.05, 4.69) is 34.8 Å². The number of nitrogens with one attached hydrogen (secondary N) is 1. The number of hydrogen-bond donors (Lipinski definition) is 2. The van der Waals surface area contributed by atoms with Gasteiger partial charge in [0.05, 0.1) is 5.54 Å². The van der Waals surface area contributed by atoms with Crippen LogP contribution in [0, 0.1) is 9.49 Å². The van der Waals surface area contributed by atoms with E-state index in [-0.39, 0.29) is 11.4 Å². The molecule has 3 nitrogen and oxygen atoms in total. The van der Waals surface area contributed by atoms with Crippen LogP contribution in [-0.4, -0.2) is 18.0 Å². The van der Waals surface area contributed by atoms with Gasteiger partial charge in [-0.05, 0) is 65.6 Å². The quantitative estimate of drug-likeness (QED) is 0.802. The Labute approximate surface area is 128 Å². The lowest BCUT2D eigenvalue weighted by molar-refractivity contribution is 0.0813. The zero-order valence-corrected chi connectivity index (χ0v) is 13.4. The van der Waals surface area contributed by atoms with Crippen LogP contribution < -0.4 is 11.1 Å². The topological polar surface area (TPSA) is 55.1 Å². The Morgan fingerprint density at radius 3 is 2.68 bits per heavy atom. The van der Waals surface area contributed by atoms with Crippen molar-refractivity contribution in [2.24, 2.45) is 11.7 Å². The number of benzene rings is 1. The zero-order chi connectivity index (χ0) is 13.9. The summed E-state index contributed by atoms with van der Waals surface area (Å²) < 4.78 is 1.13. The Bertz CT molecular complexity index is 446. The van der Waals surface area contributed by atoms with E-state index >= 15 is 0 Å². The summed E-state index contributed by atoms with van der Waals surface area (Å²) in [6.07, 6.45) is 4.52. The van der Waals surface area contributed by atoms with Gasteiger partial charge < -0.3 is 11.1 Å². The third kappa shape index (κ3) is 3.28. The second kappa shape index (κ2) is 6.22. The Morgan fingerprint density at radius 2 is 2.11 bits per heavy atom. The summed E-state index contributed by atoms with van der Waals surface area (Å²) in [5.41, 5.74) is 6.45. The summed E-state index contributed by atoms with van der Waals surface area (Å²) in [7, 11) is 0. The van der Waals surface area contributed by atoms with E-state index in [1.807, 2.05) is 24.3 Å². The molecule has 0 bridgehead atoms. The van der Waals surface area contributed by atoms with Crippen LogP contribution >= 0.6 is 22.6 Å². The average Bonchev–Trinajstić information content (AvgIpc) is 2.42. The van der Waals surface area contributed by atoms with E-state index in [4.69, 9.17) is 5.73 Å². The van der Waals surface area contributed by atoms with Gasteiger partial charge in [-0.2, -0.15) is 0 Å². The van der Waals surface area contributed by atoms with Crippen molar-refractivity contribution in [3.05, 3.63) is 33.4 Å². The van der Waals surface area contributed by atoms with Gasteiger partial charge in [0.15, 0.2) is 0 Å². The van der Waals surface area contributed by atoms with E-state index in [0.29, 0.717) is 18.0 Å². The molecule has 1 amide bonds. The lowest BCUT2D eigenvalue weighted by Crippen LogP contribution is -2.59. The van der Waals surface area contributed by atoms with E-state index in [1.54, 1.807) is 0 Å². The van der Waals surface area contributed by atoms with Crippen molar-refractivity contribution in [2.75, 3.05) is 6.54 Å². The second-order valence-corrected chi connectivity index (χ2v) is 6.71. The summed E-state index contributed by atoms with van der Waals surface area (Å²) in [5, 5.41) is 3.20. The summed E-state index contributed by atoms with van der Waals surface area (Å²) >= 11 is 2.24. The zero-order valence-electron chi connectivity index (χ0n) is 11.3. The second-order valence-electron chi connectivity index (χ2n) is 5.47. The normalized spacial score (nSPS) is 27.0. The maximum absolute atomic E-state index is 12.4.